The molecule has 1 unspecified atom stereocenters. The smallest absolute Gasteiger partial charge is 0.241 e. The number of rotatable bonds is 4. The van der Waals surface area contributed by atoms with E-state index >= 15 is 0 Å². The van der Waals surface area contributed by atoms with Gasteiger partial charge >= 0.3 is 0 Å². The second-order valence-electron chi connectivity index (χ2n) is 4.47. The lowest BCUT2D eigenvalue weighted by Gasteiger charge is -2.25. The van der Waals surface area contributed by atoms with E-state index in [-0.39, 0.29) is 5.91 Å². The average molecular weight is 222 g/mol. The summed E-state index contributed by atoms with van der Waals surface area (Å²) in [5.41, 5.74) is 6.59. The molecule has 1 fully saturated rings. The van der Waals surface area contributed by atoms with E-state index in [2.05, 4.69) is 10.4 Å². The van der Waals surface area contributed by atoms with Crippen LogP contribution in [0.25, 0.3) is 0 Å². The second kappa shape index (κ2) is 4.65. The molecule has 1 amide bonds. The number of hydrogen-bond donors (Lipinski definition) is 2. The van der Waals surface area contributed by atoms with Crippen LogP contribution in [0.3, 0.4) is 0 Å². The van der Waals surface area contributed by atoms with Crippen molar-refractivity contribution in [1.29, 1.82) is 0 Å². The van der Waals surface area contributed by atoms with Gasteiger partial charge in [0.2, 0.25) is 5.91 Å². The standard InChI is InChI=1S/C11H18N4O/c1-15-7-9(6-14-15)10(12)11(16)13-5-8-3-2-4-8/h6-8,10H,2-5,12H2,1H3,(H,13,16). The van der Waals surface area contributed by atoms with Crippen LogP contribution in [-0.4, -0.2) is 22.2 Å². The highest BCUT2D eigenvalue weighted by Gasteiger charge is 2.21. The van der Waals surface area contributed by atoms with Gasteiger partial charge in [-0.15, -0.1) is 0 Å². The fraction of sp³-hybridized carbons (Fsp3) is 0.636. The van der Waals surface area contributed by atoms with E-state index < -0.39 is 6.04 Å². The highest BCUT2D eigenvalue weighted by atomic mass is 16.2. The average Bonchev–Trinajstić information content (AvgIpc) is 2.61. The Hall–Kier alpha value is -1.36. The first-order chi connectivity index (χ1) is 7.66. The number of nitrogens with zero attached hydrogens (tertiary/aromatic N) is 2. The summed E-state index contributed by atoms with van der Waals surface area (Å²) in [4.78, 5) is 11.7. The van der Waals surface area contributed by atoms with Gasteiger partial charge in [-0.25, -0.2) is 0 Å². The SMILES string of the molecule is Cn1cc(C(N)C(=O)NCC2CCC2)cn1. The zero-order chi connectivity index (χ0) is 11.5. The summed E-state index contributed by atoms with van der Waals surface area (Å²) < 4.78 is 1.65. The van der Waals surface area contributed by atoms with Gasteiger partial charge < -0.3 is 11.1 Å². The summed E-state index contributed by atoms with van der Waals surface area (Å²) in [5.74, 6) is 0.546. The van der Waals surface area contributed by atoms with Crippen molar-refractivity contribution in [1.82, 2.24) is 15.1 Å². The van der Waals surface area contributed by atoms with Crippen LogP contribution in [0.15, 0.2) is 12.4 Å². The monoisotopic (exact) mass is 222 g/mol. The molecule has 1 aromatic rings. The Kier molecular flexibility index (Phi) is 3.24. The van der Waals surface area contributed by atoms with Crippen molar-refractivity contribution >= 4 is 5.91 Å². The molecular weight excluding hydrogens is 204 g/mol. The summed E-state index contributed by atoms with van der Waals surface area (Å²) in [6.45, 7) is 0.757. The van der Waals surface area contributed by atoms with Crippen molar-refractivity contribution in [2.45, 2.75) is 25.3 Å². The number of carbonyl (C=O) groups excluding carboxylic acids is 1. The molecule has 1 atom stereocenters. The lowest BCUT2D eigenvalue weighted by atomic mass is 9.85. The zero-order valence-electron chi connectivity index (χ0n) is 9.52. The molecule has 0 aromatic carbocycles. The topological polar surface area (TPSA) is 72.9 Å². The Bertz CT molecular complexity index is 370. The third kappa shape index (κ3) is 2.41. The van der Waals surface area contributed by atoms with Crippen molar-refractivity contribution < 1.29 is 4.79 Å². The van der Waals surface area contributed by atoms with Gasteiger partial charge in [-0.1, -0.05) is 6.42 Å². The number of nitrogens with one attached hydrogen (secondary N) is 1. The van der Waals surface area contributed by atoms with E-state index in [1.54, 1.807) is 17.1 Å². The number of nitrogens with two attached hydrogens (primary N) is 1. The van der Waals surface area contributed by atoms with Gasteiger partial charge in [-0.2, -0.15) is 5.10 Å². The molecule has 0 spiro atoms. The van der Waals surface area contributed by atoms with Crippen LogP contribution in [0, 0.1) is 5.92 Å². The van der Waals surface area contributed by atoms with Crippen LogP contribution in [0.1, 0.15) is 30.9 Å². The number of carbonyl (C=O) groups is 1. The third-order valence-corrected chi connectivity index (χ3v) is 3.16. The molecule has 5 nitrogen and oxygen atoms in total. The molecule has 16 heavy (non-hydrogen) atoms. The summed E-state index contributed by atoms with van der Waals surface area (Å²) in [6, 6.07) is -0.603. The van der Waals surface area contributed by atoms with Crippen LogP contribution in [0.4, 0.5) is 0 Å². The highest BCUT2D eigenvalue weighted by molar-refractivity contribution is 5.82. The maximum absolute atomic E-state index is 11.7. The van der Waals surface area contributed by atoms with Crippen LogP contribution in [0.2, 0.25) is 0 Å². The van der Waals surface area contributed by atoms with Crippen molar-refractivity contribution in [3.63, 3.8) is 0 Å². The molecule has 0 aliphatic heterocycles. The van der Waals surface area contributed by atoms with Crippen molar-refractivity contribution in [3.05, 3.63) is 18.0 Å². The minimum Gasteiger partial charge on any atom is -0.354 e. The molecule has 3 N–H and O–H groups in total. The molecular formula is C11H18N4O. The molecule has 1 saturated carbocycles. The van der Waals surface area contributed by atoms with E-state index in [1.807, 2.05) is 7.05 Å². The van der Waals surface area contributed by atoms with E-state index in [1.165, 1.54) is 19.3 Å². The maximum Gasteiger partial charge on any atom is 0.241 e. The summed E-state index contributed by atoms with van der Waals surface area (Å²) >= 11 is 0. The fourth-order valence-corrected chi connectivity index (χ4v) is 1.80. The van der Waals surface area contributed by atoms with Gasteiger partial charge in [0.15, 0.2) is 0 Å². The second-order valence-corrected chi connectivity index (χ2v) is 4.47. The molecule has 5 heteroatoms. The summed E-state index contributed by atoms with van der Waals surface area (Å²) in [7, 11) is 1.81. The number of amides is 1. The Morgan fingerprint density at radius 1 is 1.75 bits per heavy atom. The first kappa shape index (κ1) is 11.1. The van der Waals surface area contributed by atoms with Crippen LogP contribution in [0.5, 0.6) is 0 Å². The number of hydrogen-bond acceptors (Lipinski definition) is 3. The minimum atomic E-state index is -0.603. The van der Waals surface area contributed by atoms with E-state index in [9.17, 15) is 4.79 Å². The largest absolute Gasteiger partial charge is 0.354 e. The van der Waals surface area contributed by atoms with Crippen molar-refractivity contribution in [3.8, 4) is 0 Å². The molecule has 0 saturated heterocycles. The molecule has 1 aliphatic carbocycles. The van der Waals surface area contributed by atoms with Crippen molar-refractivity contribution in [2.75, 3.05) is 6.54 Å². The molecule has 0 radical (unpaired) electrons. The van der Waals surface area contributed by atoms with Crippen LogP contribution in [-0.2, 0) is 11.8 Å². The van der Waals surface area contributed by atoms with E-state index in [0.29, 0.717) is 5.92 Å². The van der Waals surface area contributed by atoms with Crippen LogP contribution < -0.4 is 11.1 Å². The van der Waals surface area contributed by atoms with E-state index in [4.69, 9.17) is 5.73 Å². The lowest BCUT2D eigenvalue weighted by molar-refractivity contribution is -0.122. The van der Waals surface area contributed by atoms with Crippen molar-refractivity contribution in [2.24, 2.45) is 18.7 Å². The maximum atomic E-state index is 11.7. The molecule has 1 aliphatic rings. The Labute approximate surface area is 95.0 Å². The molecule has 2 rings (SSSR count). The fourth-order valence-electron chi connectivity index (χ4n) is 1.80. The van der Waals surface area contributed by atoms with Gasteiger partial charge in [-0.05, 0) is 18.8 Å². The third-order valence-electron chi connectivity index (χ3n) is 3.16. The molecule has 1 heterocycles. The van der Waals surface area contributed by atoms with Gasteiger partial charge in [-0.3, -0.25) is 9.48 Å². The van der Waals surface area contributed by atoms with Gasteiger partial charge in [0.25, 0.3) is 0 Å². The first-order valence-electron chi connectivity index (χ1n) is 5.68. The van der Waals surface area contributed by atoms with E-state index in [0.717, 1.165) is 12.1 Å². The number of aryl methyl sites for hydroxylation is 1. The van der Waals surface area contributed by atoms with Gasteiger partial charge in [0, 0.05) is 25.4 Å². The quantitative estimate of drug-likeness (QED) is 0.771. The molecule has 1 aromatic heterocycles. The number of aromatic nitrogens is 2. The Balaban J connectivity index is 1.83. The molecule has 88 valence electrons. The Morgan fingerprint density at radius 3 is 3.00 bits per heavy atom. The first-order valence-corrected chi connectivity index (χ1v) is 5.68. The minimum absolute atomic E-state index is 0.111. The predicted octanol–water partition coefficient (Wildman–Crippen LogP) is 0.336. The summed E-state index contributed by atoms with van der Waals surface area (Å²) in [6.07, 6.45) is 7.14. The molecule has 0 bridgehead atoms. The predicted molar refractivity (Wildman–Crippen MR) is 60.5 cm³/mol. The van der Waals surface area contributed by atoms with Crippen LogP contribution >= 0.6 is 0 Å². The summed E-state index contributed by atoms with van der Waals surface area (Å²) in [5, 5.41) is 6.89. The normalized spacial score (nSPS) is 17.9. The van der Waals surface area contributed by atoms with Gasteiger partial charge in [0.1, 0.15) is 6.04 Å². The zero-order valence-corrected chi connectivity index (χ0v) is 9.52. The van der Waals surface area contributed by atoms with Gasteiger partial charge in [0.05, 0.1) is 6.20 Å². The lowest BCUT2D eigenvalue weighted by Crippen LogP contribution is -2.38. The highest BCUT2D eigenvalue weighted by Crippen LogP contribution is 2.25. The Morgan fingerprint density at radius 2 is 2.50 bits per heavy atom.